The monoisotopic (exact) mass is 449 g/mol. The summed E-state index contributed by atoms with van der Waals surface area (Å²) < 4.78 is 0.899. The van der Waals surface area contributed by atoms with Gasteiger partial charge in [0.25, 0.3) is 0 Å². The van der Waals surface area contributed by atoms with E-state index in [1.54, 1.807) is 0 Å². The molecule has 31 heavy (non-hydrogen) atoms. The summed E-state index contributed by atoms with van der Waals surface area (Å²) in [6.07, 6.45) is 2.73. The van der Waals surface area contributed by atoms with Crippen molar-refractivity contribution in [2.75, 3.05) is 0 Å². The quantitative estimate of drug-likeness (QED) is 0.289. The molecular weight excluding hydrogens is 418 g/mol. The van der Waals surface area contributed by atoms with E-state index in [1.165, 1.54) is 11.3 Å². The van der Waals surface area contributed by atoms with Gasteiger partial charge in [-0.2, -0.15) is 0 Å². The summed E-state index contributed by atoms with van der Waals surface area (Å²) in [5, 5.41) is 40.2. The molecule has 2 unspecified atom stereocenters. The number of aliphatic carboxylic acids is 1. The van der Waals surface area contributed by atoms with Gasteiger partial charge in [-0.05, 0) is 56.1 Å². The van der Waals surface area contributed by atoms with Crippen LogP contribution < -0.4 is 0 Å². The normalized spacial score (nSPS) is 24.5. The number of aromatic nitrogens is 1. The highest BCUT2D eigenvalue weighted by molar-refractivity contribution is 7.20. The molecule has 4 N–H and O–H groups in total. The molecule has 0 spiro atoms. The Kier molecular flexibility index (Phi) is 8.54. The summed E-state index contributed by atoms with van der Waals surface area (Å²) in [5.41, 5.74) is 0.737. The molecule has 7 nitrogen and oxygen atoms in total. The third-order valence-corrected chi connectivity index (χ3v) is 7.33. The summed E-state index contributed by atoms with van der Waals surface area (Å²) in [6.45, 7) is 0. The van der Waals surface area contributed by atoms with Crippen molar-refractivity contribution in [1.82, 2.24) is 4.98 Å². The maximum Gasteiger partial charge on any atom is 0.303 e. The molecule has 0 saturated heterocycles. The molecule has 8 heteroatoms. The van der Waals surface area contributed by atoms with Crippen molar-refractivity contribution < 1.29 is 30.0 Å². The summed E-state index contributed by atoms with van der Waals surface area (Å²) in [4.78, 5) is 27.5. The molecule has 1 aliphatic carbocycles. The number of aliphatic hydroxyl groups excluding tert-OH is 3. The predicted molar refractivity (Wildman–Crippen MR) is 118 cm³/mol. The van der Waals surface area contributed by atoms with Crippen LogP contribution in [-0.4, -0.2) is 55.5 Å². The number of carbonyl (C=O) groups is 2. The number of Topliss-reactive ketones (excluding diaryl/α,β-unsaturated/α-hetero) is 1. The minimum Gasteiger partial charge on any atom is -0.481 e. The molecule has 0 amide bonds. The van der Waals surface area contributed by atoms with Gasteiger partial charge >= 0.3 is 5.97 Å². The lowest BCUT2D eigenvalue weighted by Crippen LogP contribution is -2.26. The number of thiazole rings is 1. The van der Waals surface area contributed by atoms with E-state index < -0.39 is 30.1 Å². The minimum atomic E-state index is -1.18. The largest absolute Gasteiger partial charge is 0.481 e. The zero-order chi connectivity index (χ0) is 22.4. The fourth-order valence-electron chi connectivity index (χ4n) is 4.59. The maximum absolute atomic E-state index is 12.6. The van der Waals surface area contributed by atoms with Crippen LogP contribution in [0.2, 0.25) is 0 Å². The SMILES string of the molecule is O=C(O)CCCCCC[C@@H]1C(CCC(O)C(=O)c2nc3ccccc3s2)[C@H](O)C[C@@H]1O. The lowest BCUT2D eigenvalue weighted by Gasteiger charge is -2.24. The Morgan fingerprint density at radius 2 is 1.71 bits per heavy atom. The van der Waals surface area contributed by atoms with Crippen LogP contribution in [0.5, 0.6) is 0 Å². The molecule has 3 rings (SSSR count). The first-order valence-electron chi connectivity index (χ1n) is 11.0. The van der Waals surface area contributed by atoms with Gasteiger partial charge in [-0.25, -0.2) is 4.98 Å². The van der Waals surface area contributed by atoms with E-state index in [2.05, 4.69) is 4.98 Å². The number of aliphatic hydroxyl groups is 3. The fraction of sp³-hybridized carbons (Fsp3) is 0.609. The molecule has 0 bridgehead atoms. The minimum absolute atomic E-state index is 0.0702. The third kappa shape index (κ3) is 6.32. The Bertz CT molecular complexity index is 851. The number of carbonyl (C=O) groups excluding carboxylic acids is 1. The van der Waals surface area contributed by atoms with Gasteiger partial charge in [0.1, 0.15) is 6.10 Å². The van der Waals surface area contributed by atoms with Crippen molar-refractivity contribution in [1.29, 1.82) is 0 Å². The van der Waals surface area contributed by atoms with Crippen molar-refractivity contribution in [3.63, 3.8) is 0 Å². The van der Waals surface area contributed by atoms with Crippen molar-refractivity contribution in [3.05, 3.63) is 29.3 Å². The summed E-state index contributed by atoms with van der Waals surface area (Å²) in [6, 6.07) is 7.45. The van der Waals surface area contributed by atoms with Crippen LogP contribution in [0, 0.1) is 11.8 Å². The van der Waals surface area contributed by atoms with Crippen LogP contribution in [0.1, 0.15) is 67.6 Å². The van der Waals surface area contributed by atoms with E-state index in [1.807, 2.05) is 24.3 Å². The zero-order valence-corrected chi connectivity index (χ0v) is 18.3. The van der Waals surface area contributed by atoms with Gasteiger partial charge in [0, 0.05) is 6.42 Å². The molecule has 1 fully saturated rings. The van der Waals surface area contributed by atoms with Crippen molar-refractivity contribution >= 4 is 33.3 Å². The first-order chi connectivity index (χ1) is 14.9. The summed E-state index contributed by atoms with van der Waals surface area (Å²) >= 11 is 1.27. The second kappa shape index (κ2) is 11.1. The van der Waals surface area contributed by atoms with Gasteiger partial charge in [-0.1, -0.05) is 31.4 Å². The maximum atomic E-state index is 12.6. The number of nitrogens with zero attached hydrogens (tertiary/aromatic N) is 1. The third-order valence-electron chi connectivity index (χ3n) is 6.28. The van der Waals surface area contributed by atoms with Gasteiger partial charge < -0.3 is 20.4 Å². The number of rotatable bonds is 12. The Labute approximate surface area is 185 Å². The van der Waals surface area contributed by atoms with Gasteiger partial charge in [0.2, 0.25) is 5.78 Å². The predicted octanol–water partition coefficient (Wildman–Crippen LogP) is 3.40. The molecule has 5 atom stereocenters. The molecule has 1 saturated carbocycles. The van der Waals surface area contributed by atoms with Gasteiger partial charge in [0.15, 0.2) is 5.01 Å². The molecule has 1 aromatic heterocycles. The number of ketones is 1. The van der Waals surface area contributed by atoms with Crippen molar-refractivity contribution in [2.45, 2.75) is 76.1 Å². The lowest BCUT2D eigenvalue weighted by atomic mass is 9.84. The first-order valence-corrected chi connectivity index (χ1v) is 11.8. The van der Waals surface area contributed by atoms with Crippen LogP contribution >= 0.6 is 11.3 Å². The lowest BCUT2D eigenvalue weighted by molar-refractivity contribution is -0.137. The molecule has 1 aromatic carbocycles. The summed E-state index contributed by atoms with van der Waals surface area (Å²) in [7, 11) is 0. The average Bonchev–Trinajstić information content (AvgIpc) is 3.28. The van der Waals surface area contributed by atoms with Gasteiger partial charge in [-0.15, -0.1) is 11.3 Å². The second-order valence-corrected chi connectivity index (χ2v) is 9.52. The molecular formula is C23H31NO6S. The number of carboxylic acid groups (broad SMARTS) is 1. The van der Waals surface area contributed by atoms with Gasteiger partial charge in [-0.3, -0.25) is 9.59 Å². The van der Waals surface area contributed by atoms with E-state index >= 15 is 0 Å². The molecule has 0 aliphatic heterocycles. The number of unbranched alkanes of at least 4 members (excludes halogenated alkanes) is 3. The van der Waals surface area contributed by atoms with Crippen LogP contribution in [0.3, 0.4) is 0 Å². The van der Waals surface area contributed by atoms with Crippen molar-refractivity contribution in [2.24, 2.45) is 11.8 Å². The highest BCUT2D eigenvalue weighted by Gasteiger charge is 2.41. The van der Waals surface area contributed by atoms with E-state index in [-0.39, 0.29) is 24.7 Å². The Balaban J connectivity index is 1.49. The Morgan fingerprint density at radius 1 is 1.03 bits per heavy atom. The molecule has 1 heterocycles. The second-order valence-electron chi connectivity index (χ2n) is 8.49. The van der Waals surface area contributed by atoms with E-state index in [0.717, 1.165) is 35.9 Å². The van der Waals surface area contributed by atoms with Gasteiger partial charge in [0.05, 0.1) is 22.4 Å². The number of hydrogen-bond acceptors (Lipinski definition) is 7. The van der Waals surface area contributed by atoms with Crippen LogP contribution in [0.15, 0.2) is 24.3 Å². The van der Waals surface area contributed by atoms with E-state index in [0.29, 0.717) is 24.3 Å². The molecule has 170 valence electrons. The molecule has 2 aromatic rings. The number of para-hydroxylation sites is 1. The van der Waals surface area contributed by atoms with E-state index in [9.17, 15) is 24.9 Å². The fourth-order valence-corrected chi connectivity index (χ4v) is 5.55. The highest BCUT2D eigenvalue weighted by atomic mass is 32.1. The average molecular weight is 450 g/mol. The molecule has 0 radical (unpaired) electrons. The van der Waals surface area contributed by atoms with Crippen LogP contribution in [0.4, 0.5) is 0 Å². The Morgan fingerprint density at radius 3 is 2.42 bits per heavy atom. The summed E-state index contributed by atoms with van der Waals surface area (Å²) in [5.74, 6) is -1.41. The Hall–Kier alpha value is -1.87. The number of carboxylic acids is 1. The van der Waals surface area contributed by atoms with Crippen LogP contribution in [-0.2, 0) is 4.79 Å². The molecule has 1 aliphatic rings. The topological polar surface area (TPSA) is 128 Å². The highest BCUT2D eigenvalue weighted by Crippen LogP contribution is 2.39. The number of benzene rings is 1. The first kappa shape index (κ1) is 23.8. The zero-order valence-electron chi connectivity index (χ0n) is 17.5. The standard InChI is InChI=1S/C23H31NO6S/c25-17(22(30)23-24-16-8-5-6-9-20(16)31-23)12-11-15-14(18(26)13-19(15)27)7-3-1-2-4-10-21(28)29/h5-6,8-9,14-15,17-19,25-27H,1-4,7,10-13H2,(H,28,29)/t14-,15?,17?,18+,19-/m1/s1. The van der Waals surface area contributed by atoms with E-state index in [4.69, 9.17) is 5.11 Å². The van der Waals surface area contributed by atoms with Crippen molar-refractivity contribution in [3.8, 4) is 0 Å². The number of hydrogen-bond donors (Lipinski definition) is 4. The van der Waals surface area contributed by atoms with Crippen LogP contribution in [0.25, 0.3) is 10.2 Å². The smallest absolute Gasteiger partial charge is 0.303 e. The number of fused-ring (bicyclic) bond motifs is 1.